The van der Waals surface area contributed by atoms with Gasteiger partial charge >= 0.3 is 0 Å². The molecule has 0 spiro atoms. The van der Waals surface area contributed by atoms with E-state index in [1.807, 2.05) is 29.7 Å². The number of aromatic nitrogens is 3. The van der Waals surface area contributed by atoms with Crippen molar-refractivity contribution in [2.45, 2.75) is 32.6 Å². The first-order valence-electron chi connectivity index (χ1n) is 9.93. The molecule has 3 aromatic heterocycles. The lowest BCUT2D eigenvalue weighted by Crippen LogP contribution is -2.29. The Balaban J connectivity index is 1.69. The zero-order valence-electron chi connectivity index (χ0n) is 15.9. The van der Waals surface area contributed by atoms with Crippen LogP contribution in [0.5, 0.6) is 0 Å². The number of pyridine rings is 1. The molecule has 1 atom stereocenters. The first-order valence-corrected chi connectivity index (χ1v) is 10.7. The Labute approximate surface area is 168 Å². The highest BCUT2D eigenvalue weighted by Gasteiger charge is 2.27. The number of carbonyl (C=O) groups is 1. The highest BCUT2D eigenvalue weighted by atomic mass is 32.1. The minimum absolute atomic E-state index is 0.112. The topological polar surface area (TPSA) is 71.0 Å². The van der Waals surface area contributed by atoms with Crippen LogP contribution >= 0.6 is 11.3 Å². The molecule has 1 N–H and O–H groups in total. The molecule has 144 valence electrons. The second-order valence-electron chi connectivity index (χ2n) is 7.73. The van der Waals surface area contributed by atoms with E-state index >= 15 is 0 Å². The second-order valence-corrected chi connectivity index (χ2v) is 8.82. The van der Waals surface area contributed by atoms with Gasteiger partial charge in [0.15, 0.2) is 5.82 Å². The van der Waals surface area contributed by atoms with E-state index in [4.69, 9.17) is 9.97 Å². The van der Waals surface area contributed by atoms with E-state index < -0.39 is 0 Å². The number of hydrogen-bond donors (Lipinski definition) is 1. The highest BCUT2D eigenvalue weighted by molar-refractivity contribution is 7.19. The Morgan fingerprint density at radius 1 is 1.25 bits per heavy atom. The van der Waals surface area contributed by atoms with E-state index in [2.05, 4.69) is 22.1 Å². The number of thiophene rings is 1. The molecule has 1 fully saturated rings. The molecule has 2 aliphatic rings. The Kier molecular flexibility index (Phi) is 4.47. The van der Waals surface area contributed by atoms with Gasteiger partial charge in [0.1, 0.15) is 10.6 Å². The van der Waals surface area contributed by atoms with Gasteiger partial charge in [-0.3, -0.25) is 9.78 Å². The first kappa shape index (κ1) is 17.6. The Morgan fingerprint density at radius 2 is 2.18 bits per heavy atom. The quantitative estimate of drug-likeness (QED) is 0.724. The summed E-state index contributed by atoms with van der Waals surface area (Å²) in [6, 6.07) is 3.92. The predicted molar refractivity (Wildman–Crippen MR) is 112 cm³/mol. The lowest BCUT2D eigenvalue weighted by atomic mass is 9.89. The molecule has 5 rings (SSSR count). The predicted octanol–water partition coefficient (Wildman–Crippen LogP) is 3.20. The molecule has 6 nitrogen and oxygen atoms in total. The minimum Gasteiger partial charge on any atom is -0.354 e. The van der Waals surface area contributed by atoms with Gasteiger partial charge in [0.2, 0.25) is 5.91 Å². The second kappa shape index (κ2) is 7.13. The Bertz CT molecular complexity index is 1030. The van der Waals surface area contributed by atoms with Crippen LogP contribution in [0.3, 0.4) is 0 Å². The number of hydrogen-bond acceptors (Lipinski definition) is 6. The van der Waals surface area contributed by atoms with Crippen molar-refractivity contribution in [1.82, 2.24) is 20.3 Å². The van der Waals surface area contributed by atoms with Crippen molar-refractivity contribution in [2.75, 3.05) is 24.5 Å². The number of nitrogens with zero attached hydrogens (tertiary/aromatic N) is 4. The molecule has 0 unspecified atom stereocenters. The summed E-state index contributed by atoms with van der Waals surface area (Å²) < 4.78 is 0. The van der Waals surface area contributed by atoms with E-state index in [0.29, 0.717) is 25.3 Å². The molecule has 4 heterocycles. The summed E-state index contributed by atoms with van der Waals surface area (Å²) >= 11 is 1.82. The van der Waals surface area contributed by atoms with E-state index in [1.54, 1.807) is 6.20 Å². The van der Waals surface area contributed by atoms with Crippen molar-refractivity contribution in [3.63, 3.8) is 0 Å². The summed E-state index contributed by atoms with van der Waals surface area (Å²) in [5.41, 5.74) is 2.35. The zero-order chi connectivity index (χ0) is 19.1. The van der Waals surface area contributed by atoms with Gasteiger partial charge in [-0.15, -0.1) is 11.3 Å². The van der Waals surface area contributed by atoms with E-state index in [1.165, 1.54) is 22.2 Å². The fourth-order valence-electron chi connectivity index (χ4n) is 4.15. The van der Waals surface area contributed by atoms with Crippen LogP contribution in [0.1, 0.15) is 30.2 Å². The molecule has 0 saturated carbocycles. The third-order valence-electron chi connectivity index (χ3n) is 5.67. The molecule has 0 aromatic carbocycles. The summed E-state index contributed by atoms with van der Waals surface area (Å²) in [7, 11) is 0. The Morgan fingerprint density at radius 3 is 3.04 bits per heavy atom. The van der Waals surface area contributed by atoms with Gasteiger partial charge in [0.25, 0.3) is 0 Å². The van der Waals surface area contributed by atoms with Crippen molar-refractivity contribution in [2.24, 2.45) is 5.92 Å². The highest BCUT2D eigenvalue weighted by Crippen LogP contribution is 2.42. The Hall–Kier alpha value is -2.54. The van der Waals surface area contributed by atoms with E-state index in [9.17, 15) is 4.79 Å². The molecule has 0 bridgehead atoms. The number of rotatable bonds is 2. The van der Waals surface area contributed by atoms with Gasteiger partial charge in [0.05, 0.1) is 5.39 Å². The van der Waals surface area contributed by atoms with Crippen LogP contribution in [0.2, 0.25) is 0 Å². The van der Waals surface area contributed by atoms with Crippen LogP contribution in [-0.2, 0) is 17.6 Å². The van der Waals surface area contributed by atoms with Crippen molar-refractivity contribution in [3.8, 4) is 11.4 Å². The number of nitrogens with one attached hydrogen (secondary N) is 1. The molecule has 1 saturated heterocycles. The van der Waals surface area contributed by atoms with Crippen LogP contribution in [-0.4, -0.2) is 40.5 Å². The lowest BCUT2D eigenvalue weighted by molar-refractivity contribution is -0.120. The van der Waals surface area contributed by atoms with Crippen LogP contribution in [0.25, 0.3) is 21.6 Å². The fraction of sp³-hybridized carbons (Fsp3) is 0.429. The summed E-state index contributed by atoms with van der Waals surface area (Å²) in [6.07, 6.45) is 7.50. The summed E-state index contributed by atoms with van der Waals surface area (Å²) in [4.78, 5) is 30.8. The SMILES string of the molecule is C[C@H]1CCc2c(sc3nc(-c4cccnc4)nc(N4CCNC(=O)CC4)c23)C1. The number of anilines is 1. The summed E-state index contributed by atoms with van der Waals surface area (Å²) in [5.74, 6) is 2.52. The first-order chi connectivity index (χ1) is 13.7. The third kappa shape index (κ3) is 3.13. The van der Waals surface area contributed by atoms with Gasteiger partial charge in [-0.05, 0) is 42.9 Å². The van der Waals surface area contributed by atoms with Crippen LogP contribution in [0, 0.1) is 5.92 Å². The smallest absolute Gasteiger partial charge is 0.221 e. The molecular formula is C21H23N5OS. The molecule has 1 amide bonds. The lowest BCUT2D eigenvalue weighted by Gasteiger charge is -2.24. The average molecular weight is 394 g/mol. The monoisotopic (exact) mass is 393 g/mol. The fourth-order valence-corrected chi connectivity index (χ4v) is 5.53. The normalized spacial score (nSPS) is 20.0. The molecule has 1 aliphatic carbocycles. The minimum atomic E-state index is 0.112. The molecule has 7 heteroatoms. The van der Waals surface area contributed by atoms with Gasteiger partial charge in [-0.25, -0.2) is 9.97 Å². The maximum Gasteiger partial charge on any atom is 0.221 e. The maximum absolute atomic E-state index is 11.9. The van der Waals surface area contributed by atoms with Crippen molar-refractivity contribution in [1.29, 1.82) is 0 Å². The van der Waals surface area contributed by atoms with Crippen molar-refractivity contribution >= 4 is 33.3 Å². The van der Waals surface area contributed by atoms with Gasteiger partial charge in [-0.2, -0.15) is 0 Å². The van der Waals surface area contributed by atoms with Crippen LogP contribution < -0.4 is 10.2 Å². The molecule has 3 aromatic rings. The third-order valence-corrected chi connectivity index (χ3v) is 6.82. The average Bonchev–Trinajstić information content (AvgIpc) is 2.93. The van der Waals surface area contributed by atoms with E-state index in [-0.39, 0.29) is 5.91 Å². The molecule has 1 aliphatic heterocycles. The molecule has 0 radical (unpaired) electrons. The van der Waals surface area contributed by atoms with Crippen molar-refractivity contribution < 1.29 is 4.79 Å². The number of fused-ring (bicyclic) bond motifs is 3. The van der Waals surface area contributed by atoms with Gasteiger partial charge in [-0.1, -0.05) is 6.92 Å². The number of aryl methyl sites for hydroxylation is 1. The van der Waals surface area contributed by atoms with Crippen LogP contribution in [0.15, 0.2) is 24.5 Å². The zero-order valence-corrected chi connectivity index (χ0v) is 16.8. The van der Waals surface area contributed by atoms with E-state index in [0.717, 1.165) is 41.5 Å². The number of carbonyl (C=O) groups excluding carboxylic acids is 1. The van der Waals surface area contributed by atoms with Crippen LogP contribution in [0.4, 0.5) is 5.82 Å². The summed E-state index contributed by atoms with van der Waals surface area (Å²) in [5, 5.41) is 4.17. The molecule has 28 heavy (non-hydrogen) atoms. The summed E-state index contributed by atoms with van der Waals surface area (Å²) in [6.45, 7) is 4.43. The number of amides is 1. The van der Waals surface area contributed by atoms with Crippen molar-refractivity contribution in [3.05, 3.63) is 35.0 Å². The largest absolute Gasteiger partial charge is 0.354 e. The van der Waals surface area contributed by atoms with Gasteiger partial charge < -0.3 is 10.2 Å². The van der Waals surface area contributed by atoms with Gasteiger partial charge in [0, 0.05) is 48.9 Å². The standard InChI is InChI=1S/C21H23N5OS/c1-13-4-5-15-16(11-13)28-21-18(15)20(26-9-6-17(27)23-8-10-26)24-19(25-21)14-3-2-7-22-12-14/h2-3,7,12-13H,4-6,8-11H2,1H3,(H,23,27)/t13-/m0/s1. The molecular weight excluding hydrogens is 370 g/mol. The maximum atomic E-state index is 11.9.